The number of aromatic nitrogens is 1. The lowest BCUT2D eigenvalue weighted by Gasteiger charge is -2.07. The number of aldehydes is 1. The maximum Gasteiger partial charge on any atom is 0.170 e. The first-order valence-electron chi connectivity index (χ1n) is 4.60. The third-order valence-corrected chi connectivity index (χ3v) is 2.39. The number of hydrogen-bond donors (Lipinski definition) is 0. The van der Waals surface area contributed by atoms with Crippen molar-refractivity contribution in [2.45, 2.75) is 19.3 Å². The van der Waals surface area contributed by atoms with Gasteiger partial charge in [0, 0.05) is 17.4 Å². The van der Waals surface area contributed by atoms with Gasteiger partial charge in [0.15, 0.2) is 5.58 Å². The van der Waals surface area contributed by atoms with Gasteiger partial charge in [-0.1, -0.05) is 24.2 Å². The molecule has 0 N–H and O–H groups in total. The molecule has 1 aromatic heterocycles. The van der Waals surface area contributed by atoms with E-state index in [0.717, 1.165) is 22.8 Å². The smallest absolute Gasteiger partial charge is 0.170 e. The summed E-state index contributed by atoms with van der Waals surface area (Å²) in [6, 6.07) is 5.88. The van der Waals surface area contributed by atoms with Gasteiger partial charge in [0.1, 0.15) is 6.29 Å². The van der Waals surface area contributed by atoms with E-state index < -0.39 is 0 Å². The van der Waals surface area contributed by atoms with Crippen LogP contribution in [0, 0.1) is 0 Å². The monoisotopic (exact) mass is 189 g/mol. The van der Waals surface area contributed by atoms with E-state index in [1.165, 1.54) is 0 Å². The largest absolute Gasteiger partial charge is 0.356 e. The van der Waals surface area contributed by atoms with E-state index in [2.05, 4.69) is 5.16 Å². The second-order valence-corrected chi connectivity index (χ2v) is 3.39. The van der Waals surface area contributed by atoms with Crippen LogP contribution in [-0.4, -0.2) is 11.4 Å². The Kier molecular flexibility index (Phi) is 2.31. The molecule has 1 atom stereocenters. The van der Waals surface area contributed by atoms with Gasteiger partial charge in [-0.2, -0.15) is 0 Å². The van der Waals surface area contributed by atoms with Crippen LogP contribution in [0.15, 0.2) is 28.9 Å². The Balaban J connectivity index is 2.50. The summed E-state index contributed by atoms with van der Waals surface area (Å²) in [4.78, 5) is 10.4. The van der Waals surface area contributed by atoms with Crippen LogP contribution in [0.4, 0.5) is 0 Å². The Morgan fingerprint density at radius 2 is 2.43 bits per heavy atom. The molecule has 0 amide bonds. The molecule has 72 valence electrons. The molecule has 0 aliphatic heterocycles. The molecule has 0 fully saturated rings. The number of para-hydroxylation sites is 1. The molecule has 3 nitrogen and oxygen atoms in total. The SMILES string of the molecule is CC(CC=O)c1cccc2cnoc12. The van der Waals surface area contributed by atoms with Crippen molar-refractivity contribution in [3.05, 3.63) is 30.0 Å². The van der Waals surface area contributed by atoms with Crippen molar-refractivity contribution in [3.63, 3.8) is 0 Å². The summed E-state index contributed by atoms with van der Waals surface area (Å²) in [6.45, 7) is 2.01. The lowest BCUT2D eigenvalue weighted by atomic mass is 9.97. The third kappa shape index (κ3) is 1.41. The van der Waals surface area contributed by atoms with Gasteiger partial charge in [0.2, 0.25) is 0 Å². The molecule has 0 aliphatic carbocycles. The van der Waals surface area contributed by atoms with E-state index in [1.54, 1.807) is 6.20 Å². The number of nitrogens with zero attached hydrogens (tertiary/aromatic N) is 1. The minimum Gasteiger partial charge on any atom is -0.356 e. The minimum atomic E-state index is 0.184. The highest BCUT2D eigenvalue weighted by atomic mass is 16.5. The standard InChI is InChI=1S/C11H11NO2/c1-8(5-6-13)10-4-2-3-9-7-12-14-11(9)10/h2-4,6-8H,5H2,1H3. The number of fused-ring (bicyclic) bond motifs is 1. The fourth-order valence-corrected chi connectivity index (χ4v) is 1.58. The van der Waals surface area contributed by atoms with Crippen molar-refractivity contribution in [3.8, 4) is 0 Å². The number of rotatable bonds is 3. The van der Waals surface area contributed by atoms with Crippen molar-refractivity contribution in [2.75, 3.05) is 0 Å². The van der Waals surface area contributed by atoms with E-state index in [9.17, 15) is 4.79 Å². The Morgan fingerprint density at radius 1 is 1.57 bits per heavy atom. The van der Waals surface area contributed by atoms with Crippen molar-refractivity contribution in [1.29, 1.82) is 0 Å². The van der Waals surface area contributed by atoms with Gasteiger partial charge < -0.3 is 9.32 Å². The first-order chi connectivity index (χ1) is 6.83. The van der Waals surface area contributed by atoms with Gasteiger partial charge in [-0.25, -0.2) is 0 Å². The van der Waals surface area contributed by atoms with E-state index >= 15 is 0 Å². The summed E-state index contributed by atoms with van der Waals surface area (Å²) in [7, 11) is 0. The average molecular weight is 189 g/mol. The molecular formula is C11H11NO2. The second kappa shape index (κ2) is 3.62. The van der Waals surface area contributed by atoms with Gasteiger partial charge >= 0.3 is 0 Å². The van der Waals surface area contributed by atoms with Crippen LogP contribution in [0.25, 0.3) is 11.0 Å². The van der Waals surface area contributed by atoms with Gasteiger partial charge in [-0.05, 0) is 12.0 Å². The maximum absolute atomic E-state index is 10.4. The predicted molar refractivity (Wildman–Crippen MR) is 53.1 cm³/mol. The van der Waals surface area contributed by atoms with E-state index in [4.69, 9.17) is 4.52 Å². The van der Waals surface area contributed by atoms with Crippen molar-refractivity contribution in [2.24, 2.45) is 0 Å². The first-order valence-corrected chi connectivity index (χ1v) is 4.60. The summed E-state index contributed by atoms with van der Waals surface area (Å²) in [6.07, 6.45) is 3.13. The molecule has 3 heteroatoms. The molecular weight excluding hydrogens is 178 g/mol. The molecule has 1 aromatic carbocycles. The van der Waals surface area contributed by atoms with Crippen LogP contribution in [-0.2, 0) is 4.79 Å². The van der Waals surface area contributed by atoms with Crippen molar-refractivity contribution >= 4 is 17.3 Å². The molecule has 0 aliphatic rings. The average Bonchev–Trinajstić information content (AvgIpc) is 2.65. The molecule has 14 heavy (non-hydrogen) atoms. The highest BCUT2D eigenvalue weighted by Gasteiger charge is 2.11. The van der Waals surface area contributed by atoms with E-state index in [-0.39, 0.29) is 5.92 Å². The van der Waals surface area contributed by atoms with Crippen LogP contribution in [0.2, 0.25) is 0 Å². The normalized spacial score (nSPS) is 12.9. The van der Waals surface area contributed by atoms with Crippen molar-refractivity contribution < 1.29 is 9.32 Å². The number of benzene rings is 1. The van der Waals surface area contributed by atoms with Crippen LogP contribution < -0.4 is 0 Å². The highest BCUT2D eigenvalue weighted by molar-refractivity contribution is 5.80. The predicted octanol–water partition coefficient (Wildman–Crippen LogP) is 2.52. The fourth-order valence-electron chi connectivity index (χ4n) is 1.58. The Bertz CT molecular complexity index is 447. The number of hydrogen-bond acceptors (Lipinski definition) is 3. The molecule has 0 saturated carbocycles. The van der Waals surface area contributed by atoms with Crippen LogP contribution >= 0.6 is 0 Å². The van der Waals surface area contributed by atoms with Crippen LogP contribution in [0.5, 0.6) is 0 Å². The summed E-state index contributed by atoms with van der Waals surface area (Å²) in [5, 5.41) is 4.73. The molecule has 1 heterocycles. The van der Waals surface area contributed by atoms with Gasteiger partial charge in [-0.3, -0.25) is 0 Å². The second-order valence-electron chi connectivity index (χ2n) is 3.39. The fraction of sp³-hybridized carbons (Fsp3) is 0.273. The molecule has 0 bridgehead atoms. The lowest BCUT2D eigenvalue weighted by molar-refractivity contribution is -0.108. The third-order valence-electron chi connectivity index (χ3n) is 2.39. The zero-order valence-electron chi connectivity index (χ0n) is 7.93. The summed E-state index contributed by atoms with van der Waals surface area (Å²) < 4.78 is 5.15. The molecule has 0 radical (unpaired) electrons. The Labute approximate surface area is 81.7 Å². The quantitative estimate of drug-likeness (QED) is 0.697. The summed E-state index contributed by atoms with van der Waals surface area (Å²) in [5.41, 5.74) is 1.84. The molecule has 2 aromatic rings. The maximum atomic E-state index is 10.4. The Morgan fingerprint density at radius 3 is 3.21 bits per heavy atom. The summed E-state index contributed by atoms with van der Waals surface area (Å²) >= 11 is 0. The van der Waals surface area contributed by atoms with Gasteiger partial charge in [0.25, 0.3) is 0 Å². The van der Waals surface area contributed by atoms with Gasteiger partial charge in [-0.15, -0.1) is 0 Å². The molecule has 2 rings (SSSR count). The lowest BCUT2D eigenvalue weighted by Crippen LogP contribution is -1.94. The topological polar surface area (TPSA) is 43.1 Å². The number of carbonyl (C=O) groups is 1. The minimum absolute atomic E-state index is 0.184. The van der Waals surface area contributed by atoms with E-state index in [0.29, 0.717) is 6.42 Å². The van der Waals surface area contributed by atoms with Crippen molar-refractivity contribution in [1.82, 2.24) is 5.16 Å². The number of carbonyl (C=O) groups excluding carboxylic acids is 1. The van der Waals surface area contributed by atoms with Gasteiger partial charge in [0.05, 0.1) is 6.20 Å². The van der Waals surface area contributed by atoms with E-state index in [1.807, 2.05) is 25.1 Å². The first kappa shape index (κ1) is 8.94. The molecule has 0 saturated heterocycles. The summed E-state index contributed by atoms with van der Waals surface area (Å²) in [5.74, 6) is 0.184. The molecule has 0 spiro atoms. The van der Waals surface area contributed by atoms with Crippen LogP contribution in [0.3, 0.4) is 0 Å². The molecule has 1 unspecified atom stereocenters. The zero-order chi connectivity index (χ0) is 9.97. The Hall–Kier alpha value is -1.64. The van der Waals surface area contributed by atoms with Crippen LogP contribution in [0.1, 0.15) is 24.8 Å². The highest BCUT2D eigenvalue weighted by Crippen LogP contribution is 2.26. The zero-order valence-corrected chi connectivity index (χ0v) is 7.93.